The number of rotatable bonds is 6. The molecule has 0 aliphatic heterocycles. The van der Waals surface area contributed by atoms with E-state index >= 15 is 0 Å². The molecule has 0 bridgehead atoms. The van der Waals surface area contributed by atoms with Gasteiger partial charge < -0.3 is 5.32 Å². The predicted molar refractivity (Wildman–Crippen MR) is 108 cm³/mol. The van der Waals surface area contributed by atoms with Crippen LogP contribution >= 0.6 is 11.8 Å². The molecule has 0 aliphatic carbocycles. The Morgan fingerprint density at radius 2 is 1.89 bits per heavy atom. The number of carbonyl (C=O) groups excluding carboxylic acids is 1. The normalized spacial score (nSPS) is 11.8. The van der Waals surface area contributed by atoms with E-state index in [2.05, 4.69) is 15.5 Å². The largest absolute Gasteiger partial charge is 0.325 e. The first kappa shape index (κ1) is 19.6. The average Bonchev–Trinajstić information content (AvgIpc) is 3.03. The Bertz CT molecular complexity index is 1020. The molecule has 0 aliphatic rings. The molecule has 0 saturated heterocycles. The van der Waals surface area contributed by atoms with Crippen molar-refractivity contribution in [2.75, 3.05) is 5.32 Å². The molecule has 1 unspecified atom stereocenters. The van der Waals surface area contributed by atoms with Crippen molar-refractivity contribution in [3.63, 3.8) is 0 Å². The fourth-order valence-corrected chi connectivity index (χ4v) is 3.55. The highest BCUT2D eigenvalue weighted by atomic mass is 32.2. The van der Waals surface area contributed by atoms with E-state index in [9.17, 15) is 14.9 Å². The monoisotopic (exact) mass is 397 g/mol. The van der Waals surface area contributed by atoms with Crippen LogP contribution in [-0.4, -0.2) is 30.8 Å². The molecule has 9 heteroatoms. The summed E-state index contributed by atoms with van der Waals surface area (Å²) in [7, 11) is 0. The second-order valence-electron chi connectivity index (χ2n) is 6.21. The van der Waals surface area contributed by atoms with Crippen LogP contribution in [0, 0.1) is 24.0 Å². The van der Waals surface area contributed by atoms with Crippen molar-refractivity contribution in [2.24, 2.45) is 0 Å². The number of benzene rings is 2. The van der Waals surface area contributed by atoms with E-state index in [0.29, 0.717) is 16.4 Å². The number of aromatic nitrogens is 3. The SMILES string of the molecule is Cc1cc([N+](=O)[O-])ccc1NC(=O)C(C)Sc1nnc(C)n1-c1ccccc1. The third kappa shape index (κ3) is 4.20. The third-order valence-electron chi connectivity index (χ3n) is 4.14. The summed E-state index contributed by atoms with van der Waals surface area (Å²) >= 11 is 1.30. The van der Waals surface area contributed by atoms with Gasteiger partial charge in [-0.1, -0.05) is 30.0 Å². The topological polar surface area (TPSA) is 103 Å². The maximum absolute atomic E-state index is 12.6. The van der Waals surface area contributed by atoms with E-state index in [4.69, 9.17) is 0 Å². The molecule has 28 heavy (non-hydrogen) atoms. The molecule has 1 N–H and O–H groups in total. The third-order valence-corrected chi connectivity index (χ3v) is 5.18. The molecular weight excluding hydrogens is 378 g/mol. The van der Waals surface area contributed by atoms with Gasteiger partial charge in [0.25, 0.3) is 5.69 Å². The zero-order valence-electron chi connectivity index (χ0n) is 15.6. The van der Waals surface area contributed by atoms with Gasteiger partial charge in [-0.25, -0.2) is 0 Å². The van der Waals surface area contributed by atoms with Crippen LogP contribution in [0.3, 0.4) is 0 Å². The van der Waals surface area contributed by atoms with E-state index in [-0.39, 0.29) is 11.6 Å². The first-order valence-corrected chi connectivity index (χ1v) is 9.45. The quantitative estimate of drug-likeness (QED) is 0.384. The number of nitrogens with one attached hydrogen (secondary N) is 1. The Labute approximate surface area is 166 Å². The molecule has 3 rings (SSSR count). The maximum Gasteiger partial charge on any atom is 0.269 e. The van der Waals surface area contributed by atoms with Crippen molar-refractivity contribution in [3.8, 4) is 5.69 Å². The van der Waals surface area contributed by atoms with Crippen LogP contribution in [0.15, 0.2) is 53.7 Å². The lowest BCUT2D eigenvalue weighted by atomic mass is 10.2. The van der Waals surface area contributed by atoms with E-state index in [1.807, 2.05) is 41.8 Å². The van der Waals surface area contributed by atoms with Crippen LogP contribution in [-0.2, 0) is 4.79 Å². The number of thioether (sulfide) groups is 1. The van der Waals surface area contributed by atoms with Gasteiger partial charge in [0.05, 0.1) is 10.2 Å². The molecule has 8 nitrogen and oxygen atoms in total. The van der Waals surface area contributed by atoms with Gasteiger partial charge in [-0.15, -0.1) is 10.2 Å². The summed E-state index contributed by atoms with van der Waals surface area (Å²) in [6.07, 6.45) is 0. The maximum atomic E-state index is 12.6. The number of nitro groups is 1. The molecule has 144 valence electrons. The summed E-state index contributed by atoms with van der Waals surface area (Å²) in [5, 5.41) is 22.2. The number of nitro benzene ring substituents is 1. The predicted octanol–water partition coefficient (Wildman–Crippen LogP) is 3.91. The molecule has 0 fully saturated rings. The molecule has 0 radical (unpaired) electrons. The van der Waals surface area contributed by atoms with Crippen LogP contribution in [0.4, 0.5) is 11.4 Å². The first-order valence-electron chi connectivity index (χ1n) is 8.57. The Hall–Kier alpha value is -3.20. The smallest absolute Gasteiger partial charge is 0.269 e. The molecule has 1 amide bonds. The summed E-state index contributed by atoms with van der Waals surface area (Å²) in [4.78, 5) is 23.0. The summed E-state index contributed by atoms with van der Waals surface area (Å²) < 4.78 is 1.89. The van der Waals surface area contributed by atoms with Crippen molar-refractivity contribution in [1.82, 2.24) is 14.8 Å². The number of nitrogens with zero attached hydrogens (tertiary/aromatic N) is 4. The van der Waals surface area contributed by atoms with Gasteiger partial charge in [0.15, 0.2) is 5.16 Å². The Kier molecular flexibility index (Phi) is 5.74. The summed E-state index contributed by atoms with van der Waals surface area (Å²) in [6, 6.07) is 14.0. The van der Waals surface area contributed by atoms with E-state index < -0.39 is 10.2 Å². The Morgan fingerprint density at radius 1 is 1.18 bits per heavy atom. The molecule has 3 aromatic rings. The van der Waals surface area contributed by atoms with Crippen LogP contribution in [0.25, 0.3) is 5.69 Å². The van der Waals surface area contributed by atoms with Gasteiger partial charge >= 0.3 is 0 Å². The van der Waals surface area contributed by atoms with Gasteiger partial charge in [-0.05, 0) is 44.5 Å². The minimum Gasteiger partial charge on any atom is -0.325 e. The molecule has 1 aromatic heterocycles. The summed E-state index contributed by atoms with van der Waals surface area (Å²) in [6.45, 7) is 5.35. The second-order valence-corrected chi connectivity index (χ2v) is 7.51. The number of amides is 1. The number of hydrogen-bond donors (Lipinski definition) is 1. The van der Waals surface area contributed by atoms with Crippen LogP contribution in [0.2, 0.25) is 0 Å². The van der Waals surface area contributed by atoms with Gasteiger partial charge in [-0.3, -0.25) is 19.5 Å². The highest BCUT2D eigenvalue weighted by molar-refractivity contribution is 8.00. The average molecular weight is 397 g/mol. The summed E-state index contributed by atoms with van der Waals surface area (Å²) in [5.41, 5.74) is 2.09. The van der Waals surface area contributed by atoms with Gasteiger partial charge in [0.2, 0.25) is 5.91 Å². The zero-order chi connectivity index (χ0) is 20.3. The molecule has 0 saturated carbocycles. The highest BCUT2D eigenvalue weighted by Gasteiger charge is 2.21. The van der Waals surface area contributed by atoms with E-state index in [1.165, 1.54) is 23.9 Å². The summed E-state index contributed by atoms with van der Waals surface area (Å²) in [5.74, 6) is 0.509. The fraction of sp³-hybridized carbons (Fsp3) is 0.211. The number of hydrogen-bond acceptors (Lipinski definition) is 6. The van der Waals surface area contributed by atoms with E-state index in [1.54, 1.807) is 19.9 Å². The number of para-hydroxylation sites is 1. The van der Waals surface area contributed by atoms with Crippen LogP contribution in [0.1, 0.15) is 18.3 Å². The minimum absolute atomic E-state index is 0.00985. The molecule has 0 spiro atoms. The standard InChI is InChI=1S/C19H19N5O3S/c1-12-11-16(24(26)27)9-10-17(12)20-18(25)13(2)28-19-22-21-14(3)23(19)15-7-5-4-6-8-15/h4-11,13H,1-3H3,(H,20,25). The molecule has 1 heterocycles. The van der Waals surface area contributed by atoms with Crippen molar-refractivity contribution < 1.29 is 9.72 Å². The lowest BCUT2D eigenvalue weighted by Crippen LogP contribution is -2.23. The first-order chi connectivity index (χ1) is 13.4. The number of aryl methyl sites for hydroxylation is 2. The van der Waals surface area contributed by atoms with Gasteiger partial charge in [0, 0.05) is 23.5 Å². The van der Waals surface area contributed by atoms with Crippen LogP contribution in [0.5, 0.6) is 0 Å². The molecule has 1 atom stereocenters. The lowest BCUT2D eigenvalue weighted by molar-refractivity contribution is -0.384. The van der Waals surface area contributed by atoms with Crippen molar-refractivity contribution in [3.05, 3.63) is 70.0 Å². The zero-order valence-corrected chi connectivity index (χ0v) is 16.4. The Morgan fingerprint density at radius 3 is 2.54 bits per heavy atom. The molecular formula is C19H19N5O3S. The highest BCUT2D eigenvalue weighted by Crippen LogP contribution is 2.27. The number of non-ortho nitro benzene ring substituents is 1. The van der Waals surface area contributed by atoms with Crippen molar-refractivity contribution in [1.29, 1.82) is 0 Å². The van der Waals surface area contributed by atoms with Crippen molar-refractivity contribution in [2.45, 2.75) is 31.2 Å². The van der Waals surface area contributed by atoms with E-state index in [0.717, 1.165) is 11.5 Å². The van der Waals surface area contributed by atoms with Gasteiger partial charge in [0.1, 0.15) is 5.82 Å². The fourth-order valence-electron chi connectivity index (χ4n) is 2.64. The number of carbonyl (C=O) groups is 1. The second kappa shape index (κ2) is 8.22. The van der Waals surface area contributed by atoms with Gasteiger partial charge in [-0.2, -0.15) is 0 Å². The minimum atomic E-state index is -0.462. The molecule has 2 aromatic carbocycles. The Balaban J connectivity index is 1.75. The van der Waals surface area contributed by atoms with Crippen LogP contribution < -0.4 is 5.32 Å². The van der Waals surface area contributed by atoms with Crippen molar-refractivity contribution >= 4 is 29.0 Å². The number of anilines is 1. The lowest BCUT2D eigenvalue weighted by Gasteiger charge is -2.14.